The highest BCUT2D eigenvalue weighted by molar-refractivity contribution is 5.84. The van der Waals surface area contributed by atoms with Crippen molar-refractivity contribution in [2.75, 3.05) is 6.61 Å². The number of ketones is 1. The zero-order valence-corrected chi connectivity index (χ0v) is 10.9. The minimum absolute atomic E-state index is 0.0188. The largest absolute Gasteiger partial charge is 0.394 e. The molecule has 100 valence electrons. The molecule has 0 saturated carbocycles. The van der Waals surface area contributed by atoms with Crippen LogP contribution in [0.1, 0.15) is 34.1 Å². The first-order valence-corrected chi connectivity index (χ1v) is 6.04. The molecule has 0 amide bonds. The molecule has 17 heavy (non-hydrogen) atoms. The van der Waals surface area contributed by atoms with E-state index in [1.165, 1.54) is 0 Å². The lowest BCUT2D eigenvalue weighted by molar-refractivity contribution is -0.241. The van der Waals surface area contributed by atoms with Crippen molar-refractivity contribution in [2.45, 2.75) is 64.8 Å². The normalized spacial score (nSPS) is 30.3. The smallest absolute Gasteiger partial charge is 0.169 e. The molecule has 1 N–H and O–H groups in total. The van der Waals surface area contributed by atoms with Crippen LogP contribution in [-0.4, -0.2) is 48.2 Å². The third-order valence-electron chi connectivity index (χ3n) is 2.37. The number of hydrogen-bond acceptors (Lipinski definition) is 5. The first-order chi connectivity index (χ1) is 7.93. The average Bonchev–Trinajstić information content (AvgIpc) is 2.20. The quantitative estimate of drug-likeness (QED) is 0.780. The van der Waals surface area contributed by atoms with Gasteiger partial charge in [0.05, 0.1) is 25.2 Å². The van der Waals surface area contributed by atoms with Gasteiger partial charge in [-0.2, -0.15) is 0 Å². The molecule has 0 aromatic rings. The zero-order chi connectivity index (χ0) is 13.0. The molecule has 0 spiro atoms. The zero-order valence-electron chi connectivity index (χ0n) is 10.9. The van der Waals surface area contributed by atoms with Gasteiger partial charge in [-0.25, -0.2) is 0 Å². The summed E-state index contributed by atoms with van der Waals surface area (Å²) in [5, 5.41) is 9.23. The lowest BCUT2D eigenvalue weighted by Gasteiger charge is -2.35. The maximum absolute atomic E-state index is 11.9. The van der Waals surface area contributed by atoms with Gasteiger partial charge in [0.2, 0.25) is 0 Å². The van der Waals surface area contributed by atoms with Gasteiger partial charge in [-0.05, 0) is 27.7 Å². The van der Waals surface area contributed by atoms with Crippen LogP contribution in [0.3, 0.4) is 0 Å². The van der Waals surface area contributed by atoms with Gasteiger partial charge in [0.25, 0.3) is 0 Å². The molecule has 0 aliphatic carbocycles. The number of carbonyl (C=O) groups excluding carboxylic acids is 1. The van der Waals surface area contributed by atoms with Gasteiger partial charge in [-0.1, -0.05) is 0 Å². The van der Waals surface area contributed by atoms with E-state index < -0.39 is 18.5 Å². The summed E-state index contributed by atoms with van der Waals surface area (Å²) in [5.74, 6) is -0.0744. The molecule has 0 radical (unpaired) electrons. The van der Waals surface area contributed by atoms with E-state index >= 15 is 0 Å². The number of ether oxygens (including phenoxy) is 3. The Hall–Kier alpha value is -0.490. The van der Waals surface area contributed by atoms with Crippen LogP contribution in [-0.2, 0) is 19.0 Å². The highest BCUT2D eigenvalue weighted by Crippen LogP contribution is 2.22. The fourth-order valence-corrected chi connectivity index (χ4v) is 1.78. The molecule has 5 nitrogen and oxygen atoms in total. The van der Waals surface area contributed by atoms with E-state index in [1.807, 2.05) is 27.7 Å². The van der Waals surface area contributed by atoms with Crippen LogP contribution in [0.4, 0.5) is 0 Å². The summed E-state index contributed by atoms with van der Waals surface area (Å²) in [6.45, 7) is 7.19. The maximum atomic E-state index is 11.9. The predicted molar refractivity (Wildman–Crippen MR) is 61.6 cm³/mol. The molecule has 3 atom stereocenters. The molecule has 1 aliphatic rings. The predicted octanol–water partition coefficient (Wildman–Crippen LogP) is 0.881. The van der Waals surface area contributed by atoms with E-state index in [4.69, 9.17) is 14.2 Å². The van der Waals surface area contributed by atoms with Gasteiger partial charge >= 0.3 is 0 Å². The summed E-state index contributed by atoms with van der Waals surface area (Å²) in [5.41, 5.74) is 0. The molecule has 1 heterocycles. The Labute approximate surface area is 102 Å². The Morgan fingerprint density at radius 3 is 2.35 bits per heavy atom. The minimum atomic E-state index is -0.688. The maximum Gasteiger partial charge on any atom is 0.169 e. The summed E-state index contributed by atoms with van der Waals surface area (Å²) in [6.07, 6.45) is -1.83. The lowest BCUT2D eigenvalue weighted by Crippen LogP contribution is -2.50. The second-order valence-electron chi connectivity index (χ2n) is 4.75. The number of aliphatic hydroxyl groups is 1. The van der Waals surface area contributed by atoms with Crippen molar-refractivity contribution in [2.24, 2.45) is 0 Å². The van der Waals surface area contributed by atoms with Crippen molar-refractivity contribution in [3.8, 4) is 0 Å². The van der Waals surface area contributed by atoms with Crippen LogP contribution in [0.2, 0.25) is 0 Å². The number of Topliss-reactive ketones (excluding diaryl/α,β-unsaturated/α-hetero) is 1. The monoisotopic (exact) mass is 246 g/mol. The van der Waals surface area contributed by atoms with E-state index in [0.717, 1.165) is 0 Å². The number of rotatable bonds is 5. The van der Waals surface area contributed by atoms with E-state index in [9.17, 15) is 9.90 Å². The first-order valence-electron chi connectivity index (χ1n) is 6.04. The Morgan fingerprint density at radius 2 is 1.88 bits per heavy atom. The summed E-state index contributed by atoms with van der Waals surface area (Å²) in [7, 11) is 0. The Bertz CT molecular complexity index is 251. The molecule has 0 bridgehead atoms. The highest BCUT2D eigenvalue weighted by Gasteiger charge is 2.39. The molecular weight excluding hydrogens is 224 g/mol. The Balaban J connectivity index is 2.62. The molecule has 0 aromatic carbocycles. The van der Waals surface area contributed by atoms with E-state index in [-0.39, 0.29) is 31.0 Å². The Morgan fingerprint density at radius 1 is 1.29 bits per heavy atom. The molecule has 1 fully saturated rings. The van der Waals surface area contributed by atoms with Crippen LogP contribution in [0, 0.1) is 0 Å². The molecule has 1 aliphatic heterocycles. The fraction of sp³-hybridized carbons (Fsp3) is 0.917. The average molecular weight is 246 g/mol. The van der Waals surface area contributed by atoms with Gasteiger partial charge in [0, 0.05) is 0 Å². The standard InChI is InChI=1S/C12H22O5/c1-7(2)15-11-5-9(14)12(16-8(3)4)10(6-13)17-11/h7-8,10-13H,5-6H2,1-4H3/t10-,11-,12+/m0/s1. The fourth-order valence-electron chi connectivity index (χ4n) is 1.78. The van der Waals surface area contributed by atoms with Crippen LogP contribution in [0.15, 0.2) is 0 Å². The molecular formula is C12H22O5. The van der Waals surface area contributed by atoms with Crippen LogP contribution < -0.4 is 0 Å². The summed E-state index contributed by atoms with van der Waals surface area (Å²) >= 11 is 0. The van der Waals surface area contributed by atoms with Crippen molar-refractivity contribution in [1.82, 2.24) is 0 Å². The van der Waals surface area contributed by atoms with Crippen molar-refractivity contribution < 1.29 is 24.1 Å². The topological polar surface area (TPSA) is 65.0 Å². The SMILES string of the molecule is CC(C)O[C@@H]1CC(=O)[C@@H](OC(C)C)[C@H](CO)O1. The second kappa shape index (κ2) is 6.44. The summed E-state index contributed by atoms with van der Waals surface area (Å²) in [4.78, 5) is 11.9. The summed E-state index contributed by atoms with van der Waals surface area (Å²) in [6, 6.07) is 0. The third-order valence-corrected chi connectivity index (χ3v) is 2.37. The van der Waals surface area contributed by atoms with Crippen LogP contribution >= 0.6 is 0 Å². The number of aliphatic hydroxyl groups excluding tert-OH is 1. The van der Waals surface area contributed by atoms with Crippen LogP contribution in [0.25, 0.3) is 0 Å². The van der Waals surface area contributed by atoms with Gasteiger partial charge in [0.1, 0.15) is 12.2 Å². The van der Waals surface area contributed by atoms with Crippen molar-refractivity contribution in [3.63, 3.8) is 0 Å². The second-order valence-corrected chi connectivity index (χ2v) is 4.75. The van der Waals surface area contributed by atoms with Gasteiger partial charge < -0.3 is 19.3 Å². The lowest BCUT2D eigenvalue weighted by atomic mass is 10.0. The summed E-state index contributed by atoms with van der Waals surface area (Å²) < 4.78 is 16.4. The van der Waals surface area contributed by atoms with Crippen molar-refractivity contribution in [3.05, 3.63) is 0 Å². The minimum Gasteiger partial charge on any atom is -0.394 e. The molecule has 1 saturated heterocycles. The van der Waals surface area contributed by atoms with Gasteiger partial charge in [0.15, 0.2) is 12.1 Å². The number of hydrogen-bond donors (Lipinski definition) is 1. The first kappa shape index (κ1) is 14.6. The van der Waals surface area contributed by atoms with E-state index in [0.29, 0.717) is 0 Å². The van der Waals surface area contributed by atoms with E-state index in [2.05, 4.69) is 0 Å². The molecule has 5 heteroatoms. The highest BCUT2D eigenvalue weighted by atomic mass is 16.7. The van der Waals surface area contributed by atoms with Gasteiger partial charge in [-0.15, -0.1) is 0 Å². The van der Waals surface area contributed by atoms with Crippen LogP contribution in [0.5, 0.6) is 0 Å². The Kier molecular flexibility index (Phi) is 5.52. The molecule has 1 rings (SSSR count). The van der Waals surface area contributed by atoms with Gasteiger partial charge in [-0.3, -0.25) is 4.79 Å². The third kappa shape index (κ3) is 4.35. The van der Waals surface area contributed by atoms with Crippen molar-refractivity contribution in [1.29, 1.82) is 0 Å². The number of carbonyl (C=O) groups is 1. The van der Waals surface area contributed by atoms with Crippen molar-refractivity contribution >= 4 is 5.78 Å². The molecule has 0 aromatic heterocycles. The molecule has 0 unspecified atom stereocenters. The van der Waals surface area contributed by atoms with E-state index in [1.54, 1.807) is 0 Å².